The van der Waals surface area contributed by atoms with Gasteiger partial charge in [-0.2, -0.15) is 0 Å². The van der Waals surface area contributed by atoms with Gasteiger partial charge in [0.15, 0.2) is 12.6 Å². The summed E-state index contributed by atoms with van der Waals surface area (Å²) in [5, 5.41) is 17.7. The summed E-state index contributed by atoms with van der Waals surface area (Å²) < 4.78 is 10.00. The first-order valence-corrected chi connectivity index (χ1v) is 7.95. The molecule has 98 valence electrons. The molecule has 6 heteroatoms. The van der Waals surface area contributed by atoms with Gasteiger partial charge in [-0.05, 0) is 26.7 Å². The van der Waals surface area contributed by atoms with Crippen LogP contribution in [0.4, 0.5) is 0 Å². The maximum absolute atomic E-state index is 8.83. The number of aliphatic hydroxyl groups is 2. The zero-order chi connectivity index (χ0) is 12.2. The highest BCUT2D eigenvalue weighted by molar-refractivity contribution is 8.76. The lowest BCUT2D eigenvalue weighted by molar-refractivity contribution is -0.0849. The Kier molecular flexibility index (Phi) is 12.4. The van der Waals surface area contributed by atoms with Crippen LogP contribution in [0.15, 0.2) is 0 Å². The fourth-order valence-electron chi connectivity index (χ4n) is 0.861. The quantitative estimate of drug-likeness (QED) is 0.339. The zero-order valence-electron chi connectivity index (χ0n) is 9.92. The summed E-state index contributed by atoms with van der Waals surface area (Å²) in [7, 11) is 3.60. The minimum absolute atomic E-state index is 0.608. The standard InChI is InChI=1S/C10H22O4S2/c1-9(11)13-5-3-7-15-16-8-4-6-14-10(2)12/h9-12H,3-8H2,1-2H3. The average molecular weight is 270 g/mol. The SMILES string of the molecule is CC(O)OCCCSSCCCOC(C)O. The molecule has 0 spiro atoms. The van der Waals surface area contributed by atoms with E-state index < -0.39 is 12.6 Å². The highest BCUT2D eigenvalue weighted by Crippen LogP contribution is 2.22. The molecule has 0 saturated carbocycles. The van der Waals surface area contributed by atoms with Crippen LogP contribution in [0.2, 0.25) is 0 Å². The Morgan fingerprint density at radius 3 is 1.56 bits per heavy atom. The van der Waals surface area contributed by atoms with Crippen molar-refractivity contribution in [2.75, 3.05) is 24.7 Å². The molecule has 0 amide bonds. The first-order chi connectivity index (χ1) is 7.63. The van der Waals surface area contributed by atoms with Crippen LogP contribution in [-0.4, -0.2) is 47.5 Å². The van der Waals surface area contributed by atoms with E-state index in [1.807, 2.05) is 0 Å². The van der Waals surface area contributed by atoms with Crippen LogP contribution in [0.25, 0.3) is 0 Å². The molecule has 0 aromatic heterocycles. The second-order valence-electron chi connectivity index (χ2n) is 3.29. The van der Waals surface area contributed by atoms with Crippen LogP contribution < -0.4 is 0 Å². The van der Waals surface area contributed by atoms with Gasteiger partial charge in [0.05, 0.1) is 13.2 Å². The van der Waals surface area contributed by atoms with Gasteiger partial charge in [-0.15, -0.1) is 0 Å². The second-order valence-corrected chi connectivity index (χ2v) is 5.99. The van der Waals surface area contributed by atoms with Crippen molar-refractivity contribution in [2.45, 2.75) is 39.3 Å². The Hall–Kier alpha value is 0.540. The molecular weight excluding hydrogens is 248 g/mol. The summed E-state index contributed by atoms with van der Waals surface area (Å²) in [5.41, 5.74) is 0. The maximum atomic E-state index is 8.83. The van der Waals surface area contributed by atoms with E-state index >= 15 is 0 Å². The maximum Gasteiger partial charge on any atom is 0.151 e. The van der Waals surface area contributed by atoms with Crippen molar-refractivity contribution < 1.29 is 19.7 Å². The van der Waals surface area contributed by atoms with Gasteiger partial charge in [0.2, 0.25) is 0 Å². The molecule has 2 N–H and O–H groups in total. The van der Waals surface area contributed by atoms with Gasteiger partial charge in [0.25, 0.3) is 0 Å². The van der Waals surface area contributed by atoms with Crippen LogP contribution in [0.3, 0.4) is 0 Å². The molecule has 0 aliphatic rings. The number of hydrogen-bond donors (Lipinski definition) is 2. The molecule has 0 aromatic rings. The minimum Gasteiger partial charge on any atom is -0.368 e. The van der Waals surface area contributed by atoms with Crippen LogP contribution in [0, 0.1) is 0 Å². The van der Waals surface area contributed by atoms with Gasteiger partial charge in [-0.1, -0.05) is 21.6 Å². The lowest BCUT2D eigenvalue weighted by Gasteiger charge is -2.06. The van der Waals surface area contributed by atoms with Gasteiger partial charge in [0.1, 0.15) is 0 Å². The van der Waals surface area contributed by atoms with Gasteiger partial charge in [-0.25, -0.2) is 0 Å². The predicted molar refractivity (Wildman–Crippen MR) is 69.4 cm³/mol. The van der Waals surface area contributed by atoms with Crippen molar-refractivity contribution in [3.05, 3.63) is 0 Å². The molecule has 0 bridgehead atoms. The third kappa shape index (κ3) is 14.5. The topological polar surface area (TPSA) is 58.9 Å². The summed E-state index contributed by atoms with van der Waals surface area (Å²) in [4.78, 5) is 0. The highest BCUT2D eigenvalue weighted by Gasteiger charge is 1.97. The van der Waals surface area contributed by atoms with Crippen molar-refractivity contribution in [1.82, 2.24) is 0 Å². The lowest BCUT2D eigenvalue weighted by atomic mass is 10.5. The van der Waals surface area contributed by atoms with Crippen molar-refractivity contribution in [3.63, 3.8) is 0 Å². The van der Waals surface area contributed by atoms with Crippen molar-refractivity contribution in [3.8, 4) is 0 Å². The molecule has 4 nitrogen and oxygen atoms in total. The first kappa shape index (κ1) is 16.5. The Morgan fingerprint density at radius 2 is 1.25 bits per heavy atom. The normalized spacial score (nSPS) is 15.0. The molecule has 0 rings (SSSR count). The summed E-state index contributed by atoms with van der Waals surface area (Å²) in [6.45, 7) is 4.45. The van der Waals surface area contributed by atoms with Gasteiger partial charge < -0.3 is 19.7 Å². The van der Waals surface area contributed by atoms with Crippen LogP contribution in [-0.2, 0) is 9.47 Å². The first-order valence-electron chi connectivity index (χ1n) is 5.46. The minimum atomic E-state index is -0.657. The largest absolute Gasteiger partial charge is 0.368 e. The Labute approximate surface area is 105 Å². The van der Waals surface area contributed by atoms with Crippen molar-refractivity contribution in [2.24, 2.45) is 0 Å². The van der Waals surface area contributed by atoms with E-state index in [2.05, 4.69) is 0 Å². The molecule has 16 heavy (non-hydrogen) atoms. The van der Waals surface area contributed by atoms with E-state index in [1.165, 1.54) is 0 Å². The van der Waals surface area contributed by atoms with E-state index in [0.29, 0.717) is 13.2 Å². The molecule has 2 atom stereocenters. The molecule has 0 aliphatic carbocycles. The Morgan fingerprint density at radius 1 is 0.875 bits per heavy atom. The van der Waals surface area contributed by atoms with E-state index in [9.17, 15) is 0 Å². The molecule has 0 aromatic carbocycles. The third-order valence-corrected chi connectivity index (χ3v) is 4.12. The van der Waals surface area contributed by atoms with Crippen LogP contribution in [0.1, 0.15) is 26.7 Å². The molecule has 0 saturated heterocycles. The summed E-state index contributed by atoms with van der Waals surface area (Å²) in [6, 6.07) is 0. The second kappa shape index (κ2) is 12.0. The predicted octanol–water partition coefficient (Wildman–Crippen LogP) is 1.86. The Bertz CT molecular complexity index is 129. The van der Waals surface area contributed by atoms with E-state index in [1.54, 1.807) is 35.4 Å². The van der Waals surface area contributed by atoms with Gasteiger partial charge >= 0.3 is 0 Å². The molecule has 2 unspecified atom stereocenters. The Balaban J connectivity index is 2.93. The third-order valence-electron chi connectivity index (χ3n) is 1.55. The lowest BCUT2D eigenvalue weighted by Crippen LogP contribution is -2.08. The summed E-state index contributed by atoms with van der Waals surface area (Å²) in [5.74, 6) is 2.04. The molecular formula is C10H22O4S2. The molecule has 0 radical (unpaired) electrons. The van der Waals surface area contributed by atoms with E-state index in [-0.39, 0.29) is 0 Å². The van der Waals surface area contributed by atoms with Crippen LogP contribution >= 0.6 is 21.6 Å². The fourth-order valence-corrected chi connectivity index (χ4v) is 2.98. The van der Waals surface area contributed by atoms with Crippen molar-refractivity contribution >= 4 is 21.6 Å². The molecule has 0 aliphatic heterocycles. The number of aliphatic hydroxyl groups excluding tert-OH is 2. The number of ether oxygens (including phenoxy) is 2. The molecule has 0 fully saturated rings. The monoisotopic (exact) mass is 270 g/mol. The van der Waals surface area contributed by atoms with Gasteiger partial charge in [0, 0.05) is 11.5 Å². The number of hydrogen-bond acceptors (Lipinski definition) is 6. The smallest absolute Gasteiger partial charge is 0.151 e. The highest BCUT2D eigenvalue weighted by atomic mass is 33.1. The van der Waals surface area contributed by atoms with Crippen molar-refractivity contribution in [1.29, 1.82) is 0 Å². The summed E-state index contributed by atoms with van der Waals surface area (Å²) >= 11 is 0. The fraction of sp³-hybridized carbons (Fsp3) is 1.00. The average Bonchev–Trinajstić information content (AvgIpc) is 2.20. The zero-order valence-corrected chi connectivity index (χ0v) is 11.6. The van der Waals surface area contributed by atoms with E-state index in [0.717, 1.165) is 24.3 Å². The van der Waals surface area contributed by atoms with Gasteiger partial charge in [-0.3, -0.25) is 0 Å². The van der Waals surface area contributed by atoms with E-state index in [4.69, 9.17) is 19.7 Å². The number of rotatable bonds is 11. The van der Waals surface area contributed by atoms with Crippen LogP contribution in [0.5, 0.6) is 0 Å². The molecule has 0 heterocycles. The summed E-state index contributed by atoms with van der Waals surface area (Å²) in [6.07, 6.45) is 0.588.